The fraction of sp³-hybridized carbons (Fsp3) is 0.0625. The number of ether oxygens (including phenoxy) is 1. The zero-order valence-electron chi connectivity index (χ0n) is 12.6. The van der Waals surface area contributed by atoms with Crippen molar-refractivity contribution in [1.82, 2.24) is 5.43 Å². The fourth-order valence-corrected chi connectivity index (χ4v) is 1.76. The minimum absolute atomic E-state index is 0.118. The van der Waals surface area contributed by atoms with Crippen molar-refractivity contribution >= 4 is 23.7 Å². The van der Waals surface area contributed by atoms with E-state index < -0.39 is 17.6 Å². The van der Waals surface area contributed by atoms with Gasteiger partial charge in [0.05, 0.1) is 19.0 Å². The van der Waals surface area contributed by atoms with Gasteiger partial charge in [0.15, 0.2) is 11.5 Å². The maximum atomic E-state index is 13.4. The lowest BCUT2D eigenvalue weighted by atomic mass is 10.2. The number of benzene rings is 2. The Morgan fingerprint density at radius 2 is 1.92 bits per heavy atom. The number of carbonyl (C=O) groups is 2. The highest BCUT2D eigenvalue weighted by molar-refractivity contribution is 6.39. The average Bonchev–Trinajstić information content (AvgIpc) is 2.58. The van der Waals surface area contributed by atoms with E-state index in [1.165, 1.54) is 31.4 Å². The standard InChI is InChI=1S/C16H14FN3O4/c1-24-13-8-4-5-10(14(13)21)9-18-20-16(23)15(22)19-12-7-3-2-6-11(12)17/h2-9,21H,1H3,(H,19,22)(H,20,23)/b18-9-. The highest BCUT2D eigenvalue weighted by Gasteiger charge is 2.14. The highest BCUT2D eigenvalue weighted by Crippen LogP contribution is 2.27. The number of rotatable bonds is 4. The normalized spacial score (nSPS) is 10.4. The summed E-state index contributed by atoms with van der Waals surface area (Å²) < 4.78 is 18.3. The monoisotopic (exact) mass is 331 g/mol. The quantitative estimate of drug-likeness (QED) is 0.450. The second kappa shape index (κ2) is 7.73. The van der Waals surface area contributed by atoms with E-state index in [1.54, 1.807) is 12.1 Å². The molecular weight excluding hydrogens is 317 g/mol. The zero-order valence-corrected chi connectivity index (χ0v) is 12.6. The molecule has 0 aliphatic rings. The van der Waals surface area contributed by atoms with Gasteiger partial charge in [0.1, 0.15) is 5.82 Å². The number of nitrogens with zero attached hydrogens (tertiary/aromatic N) is 1. The number of carbonyl (C=O) groups excluding carboxylic acids is 2. The van der Waals surface area contributed by atoms with Gasteiger partial charge in [-0.3, -0.25) is 9.59 Å². The van der Waals surface area contributed by atoms with Crippen LogP contribution < -0.4 is 15.5 Å². The van der Waals surface area contributed by atoms with Crippen molar-refractivity contribution in [3.05, 3.63) is 53.8 Å². The van der Waals surface area contributed by atoms with Crippen LogP contribution in [0.15, 0.2) is 47.6 Å². The van der Waals surface area contributed by atoms with Crippen LogP contribution in [0.25, 0.3) is 0 Å². The second-order valence-corrected chi connectivity index (χ2v) is 4.53. The number of para-hydroxylation sites is 2. The van der Waals surface area contributed by atoms with Crippen LogP contribution in [-0.2, 0) is 9.59 Å². The minimum Gasteiger partial charge on any atom is -0.504 e. The first-order valence-corrected chi connectivity index (χ1v) is 6.78. The Morgan fingerprint density at radius 3 is 2.62 bits per heavy atom. The smallest absolute Gasteiger partial charge is 0.329 e. The number of amides is 2. The van der Waals surface area contributed by atoms with Gasteiger partial charge < -0.3 is 15.2 Å². The number of methoxy groups -OCH3 is 1. The molecule has 2 amide bonds. The first-order chi connectivity index (χ1) is 11.5. The molecule has 3 N–H and O–H groups in total. The van der Waals surface area contributed by atoms with Gasteiger partial charge in [-0.25, -0.2) is 9.82 Å². The predicted molar refractivity (Wildman–Crippen MR) is 85.4 cm³/mol. The van der Waals surface area contributed by atoms with E-state index in [1.807, 2.05) is 5.43 Å². The Labute approximate surface area is 136 Å². The molecule has 0 aromatic heterocycles. The summed E-state index contributed by atoms with van der Waals surface area (Å²) in [6.07, 6.45) is 1.14. The number of hydrogen-bond donors (Lipinski definition) is 3. The molecule has 0 aliphatic carbocycles. The molecule has 0 aliphatic heterocycles. The summed E-state index contributed by atoms with van der Waals surface area (Å²) in [5, 5.41) is 15.5. The molecule has 0 unspecified atom stereocenters. The van der Waals surface area contributed by atoms with E-state index in [0.717, 1.165) is 12.3 Å². The van der Waals surface area contributed by atoms with Crippen molar-refractivity contribution in [2.75, 3.05) is 12.4 Å². The molecule has 24 heavy (non-hydrogen) atoms. The van der Waals surface area contributed by atoms with Gasteiger partial charge in [0.25, 0.3) is 0 Å². The fourth-order valence-electron chi connectivity index (χ4n) is 1.76. The first kappa shape index (κ1) is 16.9. The lowest BCUT2D eigenvalue weighted by Gasteiger charge is -2.05. The maximum Gasteiger partial charge on any atom is 0.329 e. The van der Waals surface area contributed by atoms with E-state index in [2.05, 4.69) is 10.4 Å². The van der Waals surface area contributed by atoms with E-state index in [-0.39, 0.29) is 22.7 Å². The molecule has 7 nitrogen and oxygen atoms in total. The lowest BCUT2D eigenvalue weighted by Crippen LogP contribution is -2.32. The third kappa shape index (κ3) is 4.07. The third-order valence-corrected chi connectivity index (χ3v) is 2.95. The van der Waals surface area contributed by atoms with E-state index >= 15 is 0 Å². The number of hydrazone groups is 1. The Kier molecular flexibility index (Phi) is 5.45. The van der Waals surface area contributed by atoms with Crippen LogP contribution in [-0.4, -0.2) is 30.2 Å². The molecule has 0 saturated heterocycles. The number of anilines is 1. The molecule has 0 heterocycles. The van der Waals surface area contributed by atoms with Crippen LogP contribution in [0, 0.1) is 5.82 Å². The minimum atomic E-state index is -1.09. The van der Waals surface area contributed by atoms with Gasteiger partial charge in [-0.2, -0.15) is 5.10 Å². The molecular formula is C16H14FN3O4. The van der Waals surface area contributed by atoms with E-state index in [4.69, 9.17) is 4.74 Å². The van der Waals surface area contributed by atoms with Gasteiger partial charge >= 0.3 is 11.8 Å². The van der Waals surface area contributed by atoms with Gasteiger partial charge in [-0.05, 0) is 24.3 Å². The number of aromatic hydroxyl groups is 1. The first-order valence-electron chi connectivity index (χ1n) is 6.78. The maximum absolute atomic E-state index is 13.4. The molecule has 0 bridgehead atoms. The Bertz CT molecular complexity index is 793. The molecule has 0 fully saturated rings. The van der Waals surface area contributed by atoms with Crippen molar-refractivity contribution in [2.24, 2.45) is 5.10 Å². The Hall–Kier alpha value is -3.42. The predicted octanol–water partition coefficient (Wildman–Crippen LogP) is 1.63. The summed E-state index contributed by atoms with van der Waals surface area (Å²) in [7, 11) is 1.39. The van der Waals surface area contributed by atoms with Crippen LogP contribution in [0.4, 0.5) is 10.1 Å². The number of nitrogens with one attached hydrogen (secondary N) is 2. The number of hydrogen-bond acceptors (Lipinski definition) is 5. The molecule has 124 valence electrons. The summed E-state index contributed by atoms with van der Waals surface area (Å²) >= 11 is 0. The summed E-state index contributed by atoms with van der Waals surface area (Å²) in [6.45, 7) is 0. The Morgan fingerprint density at radius 1 is 1.17 bits per heavy atom. The van der Waals surface area contributed by atoms with Crippen molar-refractivity contribution in [1.29, 1.82) is 0 Å². The summed E-state index contributed by atoms with van der Waals surface area (Å²) in [6, 6.07) is 10.1. The lowest BCUT2D eigenvalue weighted by molar-refractivity contribution is -0.136. The van der Waals surface area contributed by atoms with Gasteiger partial charge in [0, 0.05) is 5.56 Å². The average molecular weight is 331 g/mol. The molecule has 2 rings (SSSR count). The molecule has 2 aromatic rings. The van der Waals surface area contributed by atoms with Crippen LogP contribution in [0.1, 0.15) is 5.56 Å². The van der Waals surface area contributed by atoms with Crippen molar-refractivity contribution < 1.29 is 23.8 Å². The van der Waals surface area contributed by atoms with E-state index in [9.17, 15) is 19.1 Å². The molecule has 0 saturated carbocycles. The number of phenolic OH excluding ortho intramolecular Hbond substituents is 1. The highest BCUT2D eigenvalue weighted by atomic mass is 19.1. The molecule has 0 radical (unpaired) electrons. The summed E-state index contributed by atoms with van der Waals surface area (Å²) in [5.41, 5.74) is 2.14. The summed E-state index contributed by atoms with van der Waals surface area (Å²) in [4.78, 5) is 23.3. The topological polar surface area (TPSA) is 100 Å². The van der Waals surface area contributed by atoms with Gasteiger partial charge in [-0.15, -0.1) is 0 Å². The largest absolute Gasteiger partial charge is 0.504 e. The van der Waals surface area contributed by atoms with Crippen LogP contribution in [0.3, 0.4) is 0 Å². The summed E-state index contributed by atoms with van der Waals surface area (Å²) in [5.74, 6) is -2.75. The second-order valence-electron chi connectivity index (χ2n) is 4.53. The molecule has 0 spiro atoms. The molecule has 8 heteroatoms. The zero-order chi connectivity index (χ0) is 17.5. The van der Waals surface area contributed by atoms with Crippen molar-refractivity contribution in [3.63, 3.8) is 0 Å². The van der Waals surface area contributed by atoms with Crippen molar-refractivity contribution in [3.8, 4) is 11.5 Å². The molecule has 0 atom stereocenters. The van der Waals surface area contributed by atoms with Crippen LogP contribution >= 0.6 is 0 Å². The van der Waals surface area contributed by atoms with E-state index in [0.29, 0.717) is 0 Å². The van der Waals surface area contributed by atoms with Crippen molar-refractivity contribution in [2.45, 2.75) is 0 Å². The molecule has 2 aromatic carbocycles. The van der Waals surface area contributed by atoms with Gasteiger partial charge in [0.2, 0.25) is 0 Å². The number of halogens is 1. The van der Waals surface area contributed by atoms with Crippen LogP contribution in [0.5, 0.6) is 11.5 Å². The Balaban J connectivity index is 1.98. The number of phenols is 1. The van der Waals surface area contributed by atoms with Gasteiger partial charge in [-0.1, -0.05) is 18.2 Å². The van der Waals surface area contributed by atoms with Crippen LogP contribution in [0.2, 0.25) is 0 Å². The SMILES string of the molecule is COc1cccc(/C=N\NC(=O)C(=O)Nc2ccccc2F)c1O. The third-order valence-electron chi connectivity index (χ3n) is 2.95.